The van der Waals surface area contributed by atoms with E-state index < -0.39 is 6.04 Å². The van der Waals surface area contributed by atoms with Gasteiger partial charge in [-0.25, -0.2) is 0 Å². The molecule has 0 heterocycles. The fraction of sp³-hybridized carbons (Fsp3) is 0.556. The Kier molecular flexibility index (Phi) is 7.59. The van der Waals surface area contributed by atoms with E-state index in [1.165, 1.54) is 0 Å². The zero-order chi connectivity index (χ0) is 17.4. The summed E-state index contributed by atoms with van der Waals surface area (Å²) in [5.74, 6) is 0.951. The average molecular weight is 320 g/mol. The zero-order valence-corrected chi connectivity index (χ0v) is 14.8. The highest BCUT2D eigenvalue weighted by Crippen LogP contribution is 2.16. The van der Waals surface area contributed by atoms with Gasteiger partial charge < -0.3 is 15.0 Å². The third-order valence-corrected chi connectivity index (χ3v) is 3.64. The van der Waals surface area contributed by atoms with Crippen LogP contribution in [-0.4, -0.2) is 36.4 Å². The molecule has 1 N–H and O–H groups in total. The first-order chi connectivity index (χ1) is 10.9. The third kappa shape index (κ3) is 5.93. The SMILES string of the molecule is CCC(=O)N(Cc1cccc(OC)c1)C(C)C(=O)NCC(C)C. The van der Waals surface area contributed by atoms with Gasteiger partial charge in [0, 0.05) is 19.5 Å². The Morgan fingerprint density at radius 2 is 1.96 bits per heavy atom. The van der Waals surface area contributed by atoms with E-state index in [9.17, 15) is 9.59 Å². The van der Waals surface area contributed by atoms with E-state index in [0.717, 1.165) is 11.3 Å². The summed E-state index contributed by atoms with van der Waals surface area (Å²) in [7, 11) is 1.61. The lowest BCUT2D eigenvalue weighted by atomic mass is 10.1. The number of hydrogen-bond donors (Lipinski definition) is 1. The van der Waals surface area contributed by atoms with Gasteiger partial charge in [0.1, 0.15) is 11.8 Å². The van der Waals surface area contributed by atoms with Gasteiger partial charge in [-0.05, 0) is 30.5 Å². The molecule has 1 unspecified atom stereocenters. The molecule has 5 nitrogen and oxygen atoms in total. The van der Waals surface area contributed by atoms with Gasteiger partial charge >= 0.3 is 0 Å². The lowest BCUT2D eigenvalue weighted by Crippen LogP contribution is -2.48. The van der Waals surface area contributed by atoms with Crippen LogP contribution in [0.25, 0.3) is 0 Å². The Morgan fingerprint density at radius 1 is 1.26 bits per heavy atom. The van der Waals surface area contributed by atoms with Crippen molar-refractivity contribution in [3.05, 3.63) is 29.8 Å². The second-order valence-electron chi connectivity index (χ2n) is 6.04. The van der Waals surface area contributed by atoms with Gasteiger partial charge in [-0.2, -0.15) is 0 Å². The molecule has 0 aliphatic carbocycles. The van der Waals surface area contributed by atoms with Gasteiger partial charge in [-0.1, -0.05) is 32.9 Å². The van der Waals surface area contributed by atoms with E-state index in [-0.39, 0.29) is 11.8 Å². The molecule has 0 spiro atoms. The first-order valence-corrected chi connectivity index (χ1v) is 8.09. The number of benzene rings is 1. The molecule has 23 heavy (non-hydrogen) atoms. The van der Waals surface area contributed by atoms with Crippen molar-refractivity contribution in [3.8, 4) is 5.75 Å². The summed E-state index contributed by atoms with van der Waals surface area (Å²) in [6.45, 7) is 8.64. The summed E-state index contributed by atoms with van der Waals surface area (Å²) in [6, 6.07) is 7.04. The minimum absolute atomic E-state index is 0.0417. The van der Waals surface area contributed by atoms with Crippen molar-refractivity contribution >= 4 is 11.8 Å². The predicted molar refractivity (Wildman–Crippen MR) is 91.1 cm³/mol. The number of nitrogens with one attached hydrogen (secondary N) is 1. The van der Waals surface area contributed by atoms with Crippen LogP contribution in [0.2, 0.25) is 0 Å². The van der Waals surface area contributed by atoms with Crippen LogP contribution in [0, 0.1) is 5.92 Å². The smallest absolute Gasteiger partial charge is 0.242 e. The number of carbonyl (C=O) groups excluding carboxylic acids is 2. The number of methoxy groups -OCH3 is 1. The van der Waals surface area contributed by atoms with E-state index in [1.54, 1.807) is 25.9 Å². The maximum Gasteiger partial charge on any atom is 0.242 e. The number of nitrogens with zero attached hydrogens (tertiary/aromatic N) is 1. The standard InChI is InChI=1S/C18H28N2O3/c1-6-17(21)20(14(4)18(22)19-11-13(2)3)12-15-8-7-9-16(10-15)23-5/h7-10,13-14H,6,11-12H2,1-5H3,(H,19,22). The lowest BCUT2D eigenvalue weighted by molar-refractivity contribution is -0.140. The molecule has 5 heteroatoms. The molecule has 0 fully saturated rings. The molecule has 0 aliphatic heterocycles. The Balaban J connectivity index is 2.86. The van der Waals surface area contributed by atoms with Crippen LogP contribution in [-0.2, 0) is 16.1 Å². The van der Waals surface area contributed by atoms with Crippen LogP contribution < -0.4 is 10.1 Å². The molecule has 0 aromatic heterocycles. The van der Waals surface area contributed by atoms with Crippen molar-refractivity contribution in [2.24, 2.45) is 5.92 Å². The molecule has 1 atom stereocenters. The normalized spacial score (nSPS) is 11.9. The van der Waals surface area contributed by atoms with Crippen molar-refractivity contribution < 1.29 is 14.3 Å². The molecule has 1 aromatic carbocycles. The second kappa shape index (κ2) is 9.18. The van der Waals surface area contributed by atoms with Crippen molar-refractivity contribution in [2.45, 2.75) is 46.7 Å². The topological polar surface area (TPSA) is 58.6 Å². The summed E-state index contributed by atoms with van der Waals surface area (Å²) in [5.41, 5.74) is 0.939. The Labute approximate surface area is 139 Å². The van der Waals surface area contributed by atoms with E-state index in [1.807, 2.05) is 38.1 Å². The van der Waals surface area contributed by atoms with E-state index in [4.69, 9.17) is 4.74 Å². The summed E-state index contributed by atoms with van der Waals surface area (Å²) < 4.78 is 5.21. The molecule has 0 saturated heterocycles. The van der Waals surface area contributed by atoms with E-state index in [0.29, 0.717) is 25.4 Å². The van der Waals surface area contributed by atoms with Crippen molar-refractivity contribution in [3.63, 3.8) is 0 Å². The molecule has 0 bridgehead atoms. The first kappa shape index (κ1) is 19.0. The van der Waals surface area contributed by atoms with Gasteiger partial charge in [0.25, 0.3) is 0 Å². The number of hydrogen-bond acceptors (Lipinski definition) is 3. The molecule has 128 valence electrons. The summed E-state index contributed by atoms with van der Waals surface area (Å²) in [4.78, 5) is 26.2. The molecule has 1 aromatic rings. The van der Waals surface area contributed by atoms with Crippen LogP contribution in [0.3, 0.4) is 0 Å². The quantitative estimate of drug-likeness (QED) is 0.801. The molecule has 0 aliphatic rings. The Bertz CT molecular complexity index is 529. The molecule has 0 saturated carbocycles. The van der Waals surface area contributed by atoms with E-state index in [2.05, 4.69) is 5.32 Å². The Morgan fingerprint density at radius 3 is 2.52 bits per heavy atom. The lowest BCUT2D eigenvalue weighted by Gasteiger charge is -2.28. The number of ether oxygens (including phenoxy) is 1. The van der Waals surface area contributed by atoms with Crippen molar-refractivity contribution in [1.82, 2.24) is 10.2 Å². The maximum absolute atomic E-state index is 12.3. The predicted octanol–water partition coefficient (Wildman–Crippen LogP) is 2.59. The molecule has 2 amide bonds. The zero-order valence-electron chi connectivity index (χ0n) is 14.8. The highest BCUT2D eigenvalue weighted by atomic mass is 16.5. The van der Waals surface area contributed by atoms with Gasteiger partial charge in [0.05, 0.1) is 7.11 Å². The first-order valence-electron chi connectivity index (χ1n) is 8.09. The largest absolute Gasteiger partial charge is 0.497 e. The summed E-state index contributed by atoms with van der Waals surface area (Å²) >= 11 is 0. The van der Waals surface area contributed by atoms with Crippen LogP contribution in [0.1, 0.15) is 39.7 Å². The number of rotatable bonds is 8. The van der Waals surface area contributed by atoms with Gasteiger partial charge in [-0.15, -0.1) is 0 Å². The van der Waals surface area contributed by atoms with Crippen LogP contribution in [0.15, 0.2) is 24.3 Å². The molecule has 0 radical (unpaired) electrons. The van der Waals surface area contributed by atoms with Crippen LogP contribution in [0.4, 0.5) is 0 Å². The average Bonchev–Trinajstić information content (AvgIpc) is 2.56. The van der Waals surface area contributed by atoms with Crippen molar-refractivity contribution in [2.75, 3.05) is 13.7 Å². The molecular weight excluding hydrogens is 292 g/mol. The highest BCUT2D eigenvalue weighted by Gasteiger charge is 2.25. The fourth-order valence-electron chi connectivity index (χ4n) is 2.21. The number of carbonyl (C=O) groups is 2. The van der Waals surface area contributed by atoms with Gasteiger partial charge in [0.2, 0.25) is 11.8 Å². The van der Waals surface area contributed by atoms with Gasteiger partial charge in [0.15, 0.2) is 0 Å². The minimum atomic E-state index is -0.507. The van der Waals surface area contributed by atoms with Crippen LogP contribution >= 0.6 is 0 Å². The maximum atomic E-state index is 12.3. The minimum Gasteiger partial charge on any atom is -0.497 e. The third-order valence-electron chi connectivity index (χ3n) is 3.64. The molecular formula is C18H28N2O3. The highest BCUT2D eigenvalue weighted by molar-refractivity contribution is 5.87. The number of amides is 2. The van der Waals surface area contributed by atoms with E-state index >= 15 is 0 Å². The van der Waals surface area contributed by atoms with Crippen LogP contribution in [0.5, 0.6) is 5.75 Å². The van der Waals surface area contributed by atoms with Crippen molar-refractivity contribution in [1.29, 1.82) is 0 Å². The monoisotopic (exact) mass is 320 g/mol. The second-order valence-corrected chi connectivity index (χ2v) is 6.04. The molecule has 1 rings (SSSR count). The summed E-state index contributed by atoms with van der Waals surface area (Å²) in [6.07, 6.45) is 0.367. The Hall–Kier alpha value is -2.04. The van der Waals surface area contributed by atoms with Gasteiger partial charge in [-0.3, -0.25) is 9.59 Å². The summed E-state index contributed by atoms with van der Waals surface area (Å²) in [5, 5.41) is 2.89. The fourth-order valence-corrected chi connectivity index (χ4v) is 2.21.